The molecule has 1 aromatic carbocycles. The maximum Gasteiger partial charge on any atom is 0.325 e. The number of benzene rings is 1. The number of aromatic nitrogens is 1. The van der Waals surface area contributed by atoms with E-state index in [9.17, 15) is 14.4 Å². The standard InChI is InChI=1S/C20H23N3O3/c1-12-6-8-15(9-7-12)20(4)18(25)23(19(26)21-20)11-17(24)16-10-13(2)22(5)14(16)3/h6-10H,11H2,1-5H3,(H,21,26)/t20-/m0/s1. The minimum Gasteiger partial charge on any atom is -0.351 e. The number of nitrogens with one attached hydrogen (secondary N) is 1. The Kier molecular flexibility index (Phi) is 4.22. The number of ketones is 1. The third kappa shape index (κ3) is 2.71. The Balaban J connectivity index is 1.86. The van der Waals surface area contributed by atoms with E-state index >= 15 is 0 Å². The van der Waals surface area contributed by atoms with Gasteiger partial charge in [0.05, 0.1) is 6.54 Å². The monoisotopic (exact) mass is 353 g/mol. The second kappa shape index (κ2) is 6.12. The maximum atomic E-state index is 12.9. The van der Waals surface area contributed by atoms with Gasteiger partial charge in [0, 0.05) is 24.0 Å². The molecule has 1 aromatic heterocycles. The van der Waals surface area contributed by atoms with Crippen molar-refractivity contribution in [2.75, 3.05) is 6.54 Å². The first kappa shape index (κ1) is 17.9. The molecule has 1 N–H and O–H groups in total. The zero-order valence-electron chi connectivity index (χ0n) is 15.7. The Hall–Kier alpha value is -2.89. The summed E-state index contributed by atoms with van der Waals surface area (Å²) in [5.74, 6) is -0.659. The van der Waals surface area contributed by atoms with Crippen LogP contribution in [0.15, 0.2) is 30.3 Å². The van der Waals surface area contributed by atoms with Crippen LogP contribution in [0.25, 0.3) is 0 Å². The van der Waals surface area contributed by atoms with Crippen molar-refractivity contribution in [1.82, 2.24) is 14.8 Å². The lowest BCUT2D eigenvalue weighted by atomic mass is 9.91. The van der Waals surface area contributed by atoms with Gasteiger partial charge in [0.15, 0.2) is 5.78 Å². The summed E-state index contributed by atoms with van der Waals surface area (Å²) in [5.41, 5.74) is 2.91. The van der Waals surface area contributed by atoms with Gasteiger partial charge in [-0.05, 0) is 39.3 Å². The number of urea groups is 1. The average Bonchev–Trinajstić information content (AvgIpc) is 2.98. The van der Waals surface area contributed by atoms with E-state index in [4.69, 9.17) is 0 Å². The van der Waals surface area contributed by atoms with E-state index in [2.05, 4.69) is 5.32 Å². The molecular formula is C20H23N3O3. The molecule has 3 rings (SSSR count). The number of carbonyl (C=O) groups excluding carboxylic acids is 3. The number of amides is 3. The fourth-order valence-corrected chi connectivity index (χ4v) is 3.29. The third-order valence-electron chi connectivity index (χ3n) is 5.28. The van der Waals surface area contributed by atoms with E-state index < -0.39 is 17.5 Å². The Bertz CT molecular complexity index is 911. The van der Waals surface area contributed by atoms with E-state index in [1.165, 1.54) is 0 Å². The fraction of sp³-hybridized carbons (Fsp3) is 0.350. The quantitative estimate of drug-likeness (QED) is 0.678. The predicted molar refractivity (Wildman–Crippen MR) is 98.0 cm³/mol. The molecule has 26 heavy (non-hydrogen) atoms. The van der Waals surface area contributed by atoms with Crippen LogP contribution in [-0.2, 0) is 17.4 Å². The minimum atomic E-state index is -1.16. The van der Waals surface area contributed by atoms with Crippen LogP contribution in [-0.4, -0.2) is 33.7 Å². The molecule has 1 aliphatic rings. The van der Waals surface area contributed by atoms with E-state index in [0.717, 1.165) is 21.9 Å². The van der Waals surface area contributed by atoms with E-state index in [0.29, 0.717) is 11.1 Å². The maximum absolute atomic E-state index is 12.9. The number of aryl methyl sites for hydroxylation is 2. The largest absolute Gasteiger partial charge is 0.351 e. The summed E-state index contributed by atoms with van der Waals surface area (Å²) in [5, 5.41) is 2.73. The molecule has 0 unspecified atom stereocenters. The highest BCUT2D eigenvalue weighted by atomic mass is 16.2. The van der Waals surface area contributed by atoms with Crippen molar-refractivity contribution < 1.29 is 14.4 Å². The lowest BCUT2D eigenvalue weighted by Gasteiger charge is -2.22. The van der Waals surface area contributed by atoms with Gasteiger partial charge in [-0.1, -0.05) is 29.8 Å². The summed E-state index contributed by atoms with van der Waals surface area (Å²) in [6.07, 6.45) is 0. The highest BCUT2D eigenvalue weighted by Crippen LogP contribution is 2.29. The zero-order chi connectivity index (χ0) is 19.2. The first-order valence-electron chi connectivity index (χ1n) is 8.52. The zero-order valence-corrected chi connectivity index (χ0v) is 15.7. The lowest BCUT2D eigenvalue weighted by Crippen LogP contribution is -2.41. The van der Waals surface area contributed by atoms with Gasteiger partial charge in [0.25, 0.3) is 5.91 Å². The van der Waals surface area contributed by atoms with Gasteiger partial charge >= 0.3 is 6.03 Å². The smallest absolute Gasteiger partial charge is 0.325 e. The lowest BCUT2D eigenvalue weighted by molar-refractivity contribution is -0.130. The van der Waals surface area contributed by atoms with Gasteiger partial charge in [0.2, 0.25) is 0 Å². The van der Waals surface area contributed by atoms with Crippen molar-refractivity contribution in [2.24, 2.45) is 7.05 Å². The number of carbonyl (C=O) groups is 3. The Morgan fingerprint density at radius 3 is 2.27 bits per heavy atom. The average molecular weight is 353 g/mol. The molecule has 3 amide bonds. The van der Waals surface area contributed by atoms with Crippen LogP contribution in [0.5, 0.6) is 0 Å². The molecule has 2 heterocycles. The molecule has 6 nitrogen and oxygen atoms in total. The SMILES string of the molecule is Cc1ccc([C@]2(C)NC(=O)N(CC(=O)c3cc(C)n(C)c3C)C2=O)cc1. The van der Waals surface area contributed by atoms with Crippen molar-refractivity contribution in [1.29, 1.82) is 0 Å². The van der Waals surface area contributed by atoms with Crippen LogP contribution >= 0.6 is 0 Å². The normalized spacial score (nSPS) is 19.8. The van der Waals surface area contributed by atoms with E-state index in [1.807, 2.05) is 56.7 Å². The second-order valence-corrected chi connectivity index (χ2v) is 7.08. The highest BCUT2D eigenvalue weighted by Gasteiger charge is 2.49. The molecule has 0 bridgehead atoms. The number of rotatable bonds is 4. The van der Waals surface area contributed by atoms with Crippen molar-refractivity contribution in [3.8, 4) is 0 Å². The topological polar surface area (TPSA) is 71.4 Å². The van der Waals surface area contributed by atoms with Gasteiger partial charge < -0.3 is 9.88 Å². The van der Waals surface area contributed by atoms with Crippen LogP contribution < -0.4 is 5.32 Å². The Labute approximate surface area is 152 Å². The molecule has 1 atom stereocenters. The summed E-state index contributed by atoms with van der Waals surface area (Å²) in [6.45, 7) is 7.11. The van der Waals surface area contributed by atoms with Crippen LogP contribution in [0.4, 0.5) is 4.79 Å². The Morgan fingerprint density at radius 2 is 1.73 bits per heavy atom. The van der Waals surface area contributed by atoms with E-state index in [-0.39, 0.29) is 12.3 Å². The summed E-state index contributed by atoms with van der Waals surface area (Å²) in [6, 6.07) is 8.67. The molecule has 1 aliphatic heterocycles. The molecule has 0 saturated carbocycles. The minimum absolute atomic E-state index is 0.247. The molecule has 136 valence electrons. The van der Waals surface area contributed by atoms with Gasteiger partial charge in [-0.2, -0.15) is 0 Å². The number of Topliss-reactive ketones (excluding diaryl/α,β-unsaturated/α-hetero) is 1. The molecule has 6 heteroatoms. The fourth-order valence-electron chi connectivity index (χ4n) is 3.29. The Morgan fingerprint density at radius 1 is 1.12 bits per heavy atom. The van der Waals surface area contributed by atoms with Gasteiger partial charge in [-0.15, -0.1) is 0 Å². The van der Waals surface area contributed by atoms with Crippen LogP contribution in [0.3, 0.4) is 0 Å². The van der Waals surface area contributed by atoms with Crippen molar-refractivity contribution in [3.05, 3.63) is 58.4 Å². The van der Waals surface area contributed by atoms with Gasteiger partial charge in [-0.3, -0.25) is 14.5 Å². The number of nitrogens with zero attached hydrogens (tertiary/aromatic N) is 2. The number of imide groups is 1. The number of hydrogen-bond donors (Lipinski definition) is 1. The van der Waals surface area contributed by atoms with Crippen molar-refractivity contribution in [2.45, 2.75) is 33.2 Å². The molecule has 1 fully saturated rings. The van der Waals surface area contributed by atoms with E-state index in [1.54, 1.807) is 13.0 Å². The summed E-state index contributed by atoms with van der Waals surface area (Å²) >= 11 is 0. The first-order valence-corrected chi connectivity index (χ1v) is 8.52. The molecular weight excluding hydrogens is 330 g/mol. The predicted octanol–water partition coefficient (Wildman–Crippen LogP) is 2.60. The summed E-state index contributed by atoms with van der Waals surface area (Å²) in [7, 11) is 1.88. The number of hydrogen-bond acceptors (Lipinski definition) is 3. The molecule has 0 radical (unpaired) electrons. The highest BCUT2D eigenvalue weighted by molar-refractivity contribution is 6.11. The summed E-state index contributed by atoms with van der Waals surface area (Å²) in [4.78, 5) is 39.0. The van der Waals surface area contributed by atoms with Gasteiger partial charge in [-0.25, -0.2) is 4.79 Å². The third-order valence-corrected chi connectivity index (χ3v) is 5.28. The first-order chi connectivity index (χ1) is 12.1. The van der Waals surface area contributed by atoms with Crippen LogP contribution in [0.1, 0.15) is 39.8 Å². The summed E-state index contributed by atoms with van der Waals surface area (Å²) < 4.78 is 1.91. The van der Waals surface area contributed by atoms with Crippen LogP contribution in [0.2, 0.25) is 0 Å². The molecule has 2 aromatic rings. The van der Waals surface area contributed by atoms with Crippen molar-refractivity contribution >= 4 is 17.7 Å². The molecule has 0 spiro atoms. The van der Waals surface area contributed by atoms with Crippen LogP contribution in [0, 0.1) is 20.8 Å². The van der Waals surface area contributed by atoms with Crippen molar-refractivity contribution in [3.63, 3.8) is 0 Å². The molecule has 1 saturated heterocycles. The second-order valence-electron chi connectivity index (χ2n) is 7.08. The van der Waals surface area contributed by atoms with Gasteiger partial charge in [0.1, 0.15) is 5.54 Å². The molecule has 0 aliphatic carbocycles.